The number of esters is 1. The largest absolute Gasteiger partial charge is 0.497 e. The van der Waals surface area contributed by atoms with E-state index in [2.05, 4.69) is 6.07 Å². The van der Waals surface area contributed by atoms with Gasteiger partial charge in [0.15, 0.2) is 4.80 Å². The van der Waals surface area contributed by atoms with Crippen molar-refractivity contribution in [2.45, 2.75) is 13.0 Å². The summed E-state index contributed by atoms with van der Waals surface area (Å²) in [6.45, 7) is 1.96. The van der Waals surface area contributed by atoms with Gasteiger partial charge in [-0.05, 0) is 36.8 Å². The lowest BCUT2D eigenvalue weighted by molar-refractivity contribution is -0.138. The molecule has 0 fully saturated rings. The SMILES string of the molecule is CCOC(=O)C1=C(c2ccccc2)N=c2s/c(=C/c3cn(C)c4ccccc34)c(=O)n2C1c1cccc(OC)c1. The Hall–Kier alpha value is -4.69. The Morgan fingerprint density at radius 1 is 1.05 bits per heavy atom. The van der Waals surface area contributed by atoms with Crippen LogP contribution in [0.5, 0.6) is 5.75 Å². The maximum absolute atomic E-state index is 14.1. The number of carbonyl (C=O) groups excluding carboxylic acids is 1. The molecule has 0 saturated heterocycles. The Bertz CT molecular complexity index is 1960. The number of aromatic nitrogens is 2. The van der Waals surface area contributed by atoms with E-state index in [1.165, 1.54) is 11.3 Å². The molecule has 8 heteroatoms. The number of hydrogen-bond acceptors (Lipinski definition) is 6. The fraction of sp³-hybridized carbons (Fsp3) is 0.156. The van der Waals surface area contributed by atoms with Crippen molar-refractivity contribution < 1.29 is 14.3 Å². The Balaban J connectivity index is 1.66. The van der Waals surface area contributed by atoms with E-state index in [4.69, 9.17) is 14.5 Å². The second-order valence-electron chi connectivity index (χ2n) is 9.42. The number of nitrogens with zero attached hydrogens (tertiary/aromatic N) is 3. The molecule has 0 spiro atoms. The first-order valence-corrected chi connectivity index (χ1v) is 13.8. The average molecular weight is 550 g/mol. The van der Waals surface area contributed by atoms with Gasteiger partial charge in [-0.25, -0.2) is 9.79 Å². The number of fused-ring (bicyclic) bond motifs is 2. The van der Waals surface area contributed by atoms with Crippen molar-refractivity contribution >= 4 is 40.0 Å². The number of methoxy groups -OCH3 is 1. The Kier molecular flexibility index (Phi) is 6.69. The van der Waals surface area contributed by atoms with E-state index in [0.717, 1.165) is 27.6 Å². The molecule has 1 aliphatic heterocycles. The van der Waals surface area contributed by atoms with Crippen LogP contribution < -0.4 is 19.6 Å². The standard InChI is InChI=1S/C32H27N3O4S/c1-4-39-31(37)27-28(20-11-6-5-7-12-20)33-32-35(29(27)21-13-10-14-23(17-21)38-3)30(36)26(40-32)18-22-19-34(2)25-16-9-8-15-24(22)25/h5-19,29H,4H2,1-3H3/b26-18+. The fourth-order valence-corrected chi connectivity index (χ4v) is 6.19. The lowest BCUT2D eigenvalue weighted by Gasteiger charge is -2.26. The van der Waals surface area contributed by atoms with E-state index in [1.54, 1.807) is 18.6 Å². The summed E-state index contributed by atoms with van der Waals surface area (Å²) in [6.07, 6.45) is 3.92. The monoisotopic (exact) mass is 549 g/mol. The molecule has 40 heavy (non-hydrogen) atoms. The molecule has 0 amide bonds. The number of hydrogen-bond donors (Lipinski definition) is 0. The van der Waals surface area contributed by atoms with Gasteiger partial charge < -0.3 is 14.0 Å². The van der Waals surface area contributed by atoms with Crippen LogP contribution in [0.2, 0.25) is 0 Å². The summed E-state index contributed by atoms with van der Waals surface area (Å²) in [7, 11) is 3.58. The van der Waals surface area contributed by atoms with Crippen molar-refractivity contribution in [3.8, 4) is 5.75 Å². The predicted molar refractivity (Wildman–Crippen MR) is 157 cm³/mol. The van der Waals surface area contributed by atoms with E-state index >= 15 is 0 Å². The summed E-state index contributed by atoms with van der Waals surface area (Å²) in [5.74, 6) is 0.109. The molecule has 1 unspecified atom stereocenters. The van der Waals surface area contributed by atoms with Crippen LogP contribution in [-0.4, -0.2) is 28.8 Å². The molecular weight excluding hydrogens is 522 g/mol. The van der Waals surface area contributed by atoms with Crippen molar-refractivity contribution in [2.24, 2.45) is 12.0 Å². The van der Waals surface area contributed by atoms with Gasteiger partial charge in [-0.2, -0.15) is 0 Å². The minimum absolute atomic E-state index is 0.195. The second-order valence-corrected chi connectivity index (χ2v) is 10.4. The molecule has 2 aromatic heterocycles. The quantitative estimate of drug-likeness (QED) is 0.294. The summed E-state index contributed by atoms with van der Waals surface area (Å²) in [4.78, 5) is 33.2. The molecule has 0 saturated carbocycles. The van der Waals surface area contributed by atoms with Gasteiger partial charge in [0.05, 0.1) is 35.6 Å². The Morgan fingerprint density at radius 3 is 2.60 bits per heavy atom. The molecule has 200 valence electrons. The fourth-order valence-electron chi connectivity index (χ4n) is 5.20. The van der Waals surface area contributed by atoms with E-state index in [-0.39, 0.29) is 12.2 Å². The third-order valence-electron chi connectivity index (χ3n) is 7.00. The molecule has 0 aliphatic carbocycles. The van der Waals surface area contributed by atoms with Gasteiger partial charge in [-0.1, -0.05) is 72.0 Å². The van der Waals surface area contributed by atoms with Crippen LogP contribution in [0.1, 0.15) is 29.7 Å². The van der Waals surface area contributed by atoms with Crippen molar-refractivity contribution in [2.75, 3.05) is 13.7 Å². The normalized spacial score (nSPS) is 15.2. The minimum atomic E-state index is -0.754. The van der Waals surface area contributed by atoms with Crippen LogP contribution in [0.3, 0.4) is 0 Å². The highest BCUT2D eigenvalue weighted by Gasteiger charge is 2.35. The van der Waals surface area contributed by atoms with Crippen molar-refractivity contribution in [3.05, 3.63) is 127 Å². The van der Waals surface area contributed by atoms with Crippen LogP contribution >= 0.6 is 11.3 Å². The average Bonchev–Trinajstić information content (AvgIpc) is 3.48. The Labute approximate surface area is 234 Å². The highest BCUT2D eigenvalue weighted by molar-refractivity contribution is 7.07. The number of rotatable bonds is 6. The number of benzene rings is 3. The van der Waals surface area contributed by atoms with Gasteiger partial charge in [0, 0.05) is 35.3 Å². The van der Waals surface area contributed by atoms with Gasteiger partial charge in [-0.3, -0.25) is 9.36 Å². The predicted octanol–water partition coefficient (Wildman–Crippen LogP) is 4.44. The molecule has 1 atom stereocenters. The zero-order chi connectivity index (χ0) is 27.8. The van der Waals surface area contributed by atoms with Crippen molar-refractivity contribution in [3.63, 3.8) is 0 Å². The maximum atomic E-state index is 14.1. The summed E-state index contributed by atoms with van der Waals surface area (Å²) in [5.41, 5.74) is 4.09. The molecule has 6 rings (SSSR count). The van der Waals surface area contributed by atoms with Crippen molar-refractivity contribution in [1.82, 2.24) is 9.13 Å². The molecule has 3 heterocycles. The number of para-hydroxylation sites is 1. The zero-order valence-electron chi connectivity index (χ0n) is 22.3. The van der Waals surface area contributed by atoms with Crippen LogP contribution in [0.4, 0.5) is 0 Å². The molecule has 5 aromatic rings. The molecule has 0 radical (unpaired) electrons. The molecular formula is C32H27N3O4S. The molecule has 1 aliphatic rings. The highest BCUT2D eigenvalue weighted by Crippen LogP contribution is 2.36. The summed E-state index contributed by atoms with van der Waals surface area (Å²) in [6, 6.07) is 24.3. The first-order chi connectivity index (χ1) is 19.5. The number of thiazole rings is 1. The number of aryl methyl sites for hydroxylation is 1. The van der Waals surface area contributed by atoms with Crippen molar-refractivity contribution in [1.29, 1.82) is 0 Å². The highest BCUT2D eigenvalue weighted by atomic mass is 32.1. The maximum Gasteiger partial charge on any atom is 0.338 e. The third kappa shape index (κ3) is 4.36. The van der Waals surface area contributed by atoms with Crippen LogP contribution in [0.25, 0.3) is 22.7 Å². The Morgan fingerprint density at radius 2 is 1.82 bits per heavy atom. The smallest absolute Gasteiger partial charge is 0.338 e. The van der Waals surface area contributed by atoms with Crippen LogP contribution in [0, 0.1) is 0 Å². The number of carbonyl (C=O) groups is 1. The summed E-state index contributed by atoms with van der Waals surface area (Å²) >= 11 is 1.31. The van der Waals surface area contributed by atoms with E-state index in [9.17, 15) is 9.59 Å². The van der Waals surface area contributed by atoms with Gasteiger partial charge in [0.2, 0.25) is 0 Å². The van der Waals surface area contributed by atoms with Gasteiger partial charge >= 0.3 is 5.97 Å². The lowest BCUT2D eigenvalue weighted by Crippen LogP contribution is -2.40. The lowest BCUT2D eigenvalue weighted by atomic mass is 9.93. The summed E-state index contributed by atoms with van der Waals surface area (Å²) < 4.78 is 15.2. The first-order valence-electron chi connectivity index (χ1n) is 13.0. The third-order valence-corrected chi connectivity index (χ3v) is 7.98. The van der Waals surface area contributed by atoms with E-state index in [0.29, 0.717) is 26.4 Å². The van der Waals surface area contributed by atoms with Gasteiger partial charge in [-0.15, -0.1) is 0 Å². The van der Waals surface area contributed by atoms with E-state index in [1.807, 2.05) is 96.7 Å². The van der Waals surface area contributed by atoms with Gasteiger partial charge in [0.25, 0.3) is 5.56 Å². The van der Waals surface area contributed by atoms with Crippen LogP contribution in [0.15, 0.2) is 100 Å². The molecule has 3 aromatic carbocycles. The first kappa shape index (κ1) is 25.6. The zero-order valence-corrected chi connectivity index (χ0v) is 23.1. The molecule has 0 bridgehead atoms. The number of ether oxygens (including phenoxy) is 2. The molecule has 0 N–H and O–H groups in total. The van der Waals surface area contributed by atoms with Crippen LogP contribution in [-0.2, 0) is 16.6 Å². The topological polar surface area (TPSA) is 74.8 Å². The summed E-state index contributed by atoms with van der Waals surface area (Å²) in [5, 5.41) is 1.05. The second kappa shape index (κ2) is 10.5. The molecule has 7 nitrogen and oxygen atoms in total. The minimum Gasteiger partial charge on any atom is -0.497 e. The van der Waals surface area contributed by atoms with Gasteiger partial charge in [0.1, 0.15) is 5.75 Å². The van der Waals surface area contributed by atoms with E-state index < -0.39 is 12.0 Å².